The molecule has 4 aromatic rings. The minimum Gasteiger partial charge on any atom is -0.493 e. The molecule has 1 aliphatic heterocycles. The summed E-state index contributed by atoms with van der Waals surface area (Å²) in [6.07, 6.45) is 1.68. The van der Waals surface area contributed by atoms with Crippen molar-refractivity contribution in [2.24, 2.45) is 5.41 Å². The lowest BCUT2D eigenvalue weighted by atomic mass is 9.77. The predicted molar refractivity (Wildman–Crippen MR) is 164 cm³/mol. The summed E-state index contributed by atoms with van der Waals surface area (Å²) < 4.78 is 11.7. The number of carbonyl (C=O) groups is 2. The second-order valence-corrected chi connectivity index (χ2v) is 11.8. The Labute approximate surface area is 256 Å². The molecule has 1 aliphatic rings. The number of carbonyl (C=O) groups excluding carboxylic acids is 2. The topological polar surface area (TPSA) is 75.9 Å². The van der Waals surface area contributed by atoms with E-state index < -0.39 is 5.41 Å². The van der Waals surface area contributed by atoms with E-state index in [4.69, 9.17) is 32.5 Å². The van der Waals surface area contributed by atoms with Crippen LogP contribution in [0.2, 0.25) is 10.0 Å². The van der Waals surface area contributed by atoms with E-state index in [9.17, 15) is 9.59 Å². The third kappa shape index (κ3) is 6.80. The first-order valence-corrected chi connectivity index (χ1v) is 14.7. The van der Waals surface area contributed by atoms with Gasteiger partial charge in [0.15, 0.2) is 0 Å². The van der Waals surface area contributed by atoms with E-state index in [1.54, 1.807) is 34.9 Å². The van der Waals surface area contributed by atoms with Crippen molar-refractivity contribution in [1.82, 2.24) is 15.0 Å². The standard InChI is InChI=1S/C33H33Cl2N3O4/c1-23-30(31(36-42-23)27-11-6-7-12-28(27)35)32(40)38-18-8-17-33(21-38,22-41-26-15-13-25(34)14-16-26)19-29(39)37(2)20-24-9-4-3-5-10-24/h3-7,9-16H,8,17-22H2,1-2H3/t33-/m1/s1. The fraction of sp³-hybridized carbons (Fsp3) is 0.303. The summed E-state index contributed by atoms with van der Waals surface area (Å²) in [7, 11) is 1.81. The van der Waals surface area contributed by atoms with Crippen LogP contribution in [0.5, 0.6) is 5.75 Å². The fourth-order valence-electron chi connectivity index (χ4n) is 5.48. The first-order chi connectivity index (χ1) is 20.2. The lowest BCUT2D eigenvalue weighted by Crippen LogP contribution is -2.50. The zero-order valence-electron chi connectivity index (χ0n) is 23.7. The van der Waals surface area contributed by atoms with Gasteiger partial charge in [-0.15, -0.1) is 0 Å². The van der Waals surface area contributed by atoms with Crippen LogP contribution < -0.4 is 4.74 Å². The first-order valence-electron chi connectivity index (χ1n) is 13.9. The number of nitrogens with zero attached hydrogens (tertiary/aromatic N) is 3. The summed E-state index contributed by atoms with van der Waals surface area (Å²) >= 11 is 12.5. The van der Waals surface area contributed by atoms with Crippen LogP contribution in [0.3, 0.4) is 0 Å². The van der Waals surface area contributed by atoms with Gasteiger partial charge in [-0.25, -0.2) is 0 Å². The summed E-state index contributed by atoms with van der Waals surface area (Å²) in [5, 5.41) is 5.29. The summed E-state index contributed by atoms with van der Waals surface area (Å²) in [5.41, 5.74) is 1.87. The van der Waals surface area contributed by atoms with E-state index in [2.05, 4.69) is 5.16 Å². The molecule has 0 spiro atoms. The number of benzene rings is 3. The molecule has 2 heterocycles. The molecular weight excluding hydrogens is 573 g/mol. The molecule has 2 amide bonds. The van der Waals surface area contributed by atoms with Gasteiger partial charge in [-0.3, -0.25) is 9.59 Å². The van der Waals surface area contributed by atoms with Gasteiger partial charge in [0.25, 0.3) is 5.91 Å². The van der Waals surface area contributed by atoms with E-state index in [1.165, 1.54) is 0 Å². The van der Waals surface area contributed by atoms with Crippen LogP contribution in [0.15, 0.2) is 83.4 Å². The first kappa shape index (κ1) is 29.7. The van der Waals surface area contributed by atoms with Crippen LogP contribution in [0.4, 0.5) is 0 Å². The highest BCUT2D eigenvalue weighted by Gasteiger charge is 2.42. The van der Waals surface area contributed by atoms with Gasteiger partial charge in [-0.1, -0.05) is 76.9 Å². The Morgan fingerprint density at radius 3 is 2.48 bits per heavy atom. The number of hydrogen-bond donors (Lipinski definition) is 0. The summed E-state index contributed by atoms with van der Waals surface area (Å²) in [4.78, 5) is 31.2. The van der Waals surface area contributed by atoms with Gasteiger partial charge in [0.2, 0.25) is 5.91 Å². The Balaban J connectivity index is 1.40. The molecule has 1 aromatic heterocycles. The smallest absolute Gasteiger partial charge is 0.259 e. The van der Waals surface area contributed by atoms with Crippen LogP contribution in [0, 0.1) is 12.3 Å². The van der Waals surface area contributed by atoms with Crippen molar-refractivity contribution in [3.8, 4) is 17.0 Å². The van der Waals surface area contributed by atoms with Crippen molar-refractivity contribution >= 4 is 35.0 Å². The Morgan fingerprint density at radius 2 is 1.74 bits per heavy atom. The molecular formula is C33H33Cl2N3O4. The average molecular weight is 607 g/mol. The molecule has 0 bridgehead atoms. The Bertz CT molecular complexity index is 1540. The summed E-state index contributed by atoms with van der Waals surface area (Å²) in [6.45, 7) is 3.38. The van der Waals surface area contributed by atoms with E-state index >= 15 is 0 Å². The van der Waals surface area contributed by atoms with Gasteiger partial charge < -0.3 is 19.1 Å². The fourth-order valence-corrected chi connectivity index (χ4v) is 5.83. The molecule has 7 nitrogen and oxygen atoms in total. The molecule has 1 fully saturated rings. The van der Waals surface area contributed by atoms with Crippen LogP contribution in [-0.4, -0.2) is 53.5 Å². The maximum atomic E-state index is 14.1. The van der Waals surface area contributed by atoms with Crippen LogP contribution in [0.1, 0.15) is 40.9 Å². The normalized spacial score (nSPS) is 16.7. The third-order valence-corrected chi connectivity index (χ3v) is 8.31. The number of ether oxygens (including phenoxy) is 1. The molecule has 1 saturated heterocycles. The second-order valence-electron chi connectivity index (χ2n) is 10.9. The lowest BCUT2D eigenvalue weighted by Gasteiger charge is -2.43. The van der Waals surface area contributed by atoms with Crippen molar-refractivity contribution in [3.05, 3.63) is 106 Å². The molecule has 0 radical (unpaired) electrons. The minimum atomic E-state index is -0.606. The summed E-state index contributed by atoms with van der Waals surface area (Å²) in [5.74, 6) is 0.862. The number of aromatic nitrogens is 1. The van der Waals surface area contributed by atoms with Crippen molar-refractivity contribution < 1.29 is 18.8 Å². The van der Waals surface area contributed by atoms with Crippen molar-refractivity contribution in [3.63, 3.8) is 0 Å². The van der Waals surface area contributed by atoms with E-state index in [-0.39, 0.29) is 24.8 Å². The minimum absolute atomic E-state index is 0.00854. The number of rotatable bonds is 9. The van der Waals surface area contributed by atoms with Gasteiger partial charge in [0, 0.05) is 49.1 Å². The highest BCUT2D eigenvalue weighted by atomic mass is 35.5. The molecule has 5 rings (SSSR count). The SMILES string of the molecule is Cc1onc(-c2ccccc2Cl)c1C(=O)N1CCC[C@@](COc2ccc(Cl)cc2)(CC(=O)N(C)Cc2ccccc2)C1. The number of likely N-dealkylation sites (tertiary alicyclic amines) is 1. The van der Waals surface area contributed by atoms with Gasteiger partial charge in [-0.2, -0.15) is 0 Å². The zero-order chi connectivity index (χ0) is 29.7. The summed E-state index contributed by atoms with van der Waals surface area (Å²) in [6, 6.07) is 24.3. The number of halogens is 2. The molecule has 42 heavy (non-hydrogen) atoms. The molecule has 0 saturated carbocycles. The maximum absolute atomic E-state index is 14.1. The number of piperidine rings is 1. The number of amides is 2. The molecule has 0 unspecified atom stereocenters. The van der Waals surface area contributed by atoms with Crippen LogP contribution in [-0.2, 0) is 11.3 Å². The quantitative estimate of drug-likeness (QED) is 0.200. The van der Waals surface area contributed by atoms with Gasteiger partial charge in [-0.05, 0) is 55.7 Å². The zero-order valence-corrected chi connectivity index (χ0v) is 25.2. The van der Waals surface area contributed by atoms with E-state index in [0.717, 1.165) is 18.4 Å². The van der Waals surface area contributed by atoms with Crippen molar-refractivity contribution in [1.29, 1.82) is 0 Å². The predicted octanol–water partition coefficient (Wildman–Crippen LogP) is 7.31. The maximum Gasteiger partial charge on any atom is 0.259 e. The highest BCUT2D eigenvalue weighted by molar-refractivity contribution is 6.33. The highest BCUT2D eigenvalue weighted by Crippen LogP contribution is 2.38. The molecule has 218 valence electrons. The number of hydrogen-bond acceptors (Lipinski definition) is 5. The van der Waals surface area contributed by atoms with Crippen LogP contribution in [0.25, 0.3) is 11.3 Å². The van der Waals surface area contributed by atoms with Crippen molar-refractivity contribution in [2.75, 3.05) is 26.7 Å². The van der Waals surface area contributed by atoms with Gasteiger partial charge in [0.1, 0.15) is 22.8 Å². The molecule has 1 atom stereocenters. The Morgan fingerprint density at radius 1 is 1.02 bits per heavy atom. The molecule has 0 aliphatic carbocycles. The molecule has 9 heteroatoms. The Hall–Kier alpha value is -3.81. The molecule has 3 aromatic carbocycles. The van der Waals surface area contributed by atoms with Crippen molar-refractivity contribution in [2.45, 2.75) is 32.7 Å². The van der Waals surface area contributed by atoms with Gasteiger partial charge in [0.05, 0.1) is 11.6 Å². The average Bonchev–Trinajstić information content (AvgIpc) is 3.38. The van der Waals surface area contributed by atoms with E-state index in [1.807, 2.05) is 67.7 Å². The van der Waals surface area contributed by atoms with Gasteiger partial charge >= 0.3 is 0 Å². The Kier molecular flexibility index (Phi) is 9.19. The number of aryl methyl sites for hydroxylation is 1. The van der Waals surface area contributed by atoms with E-state index in [0.29, 0.717) is 58.0 Å². The second kappa shape index (κ2) is 13.0. The molecule has 0 N–H and O–H groups in total. The monoisotopic (exact) mass is 605 g/mol. The largest absolute Gasteiger partial charge is 0.493 e. The lowest BCUT2D eigenvalue weighted by molar-refractivity contribution is -0.134. The van der Waals surface area contributed by atoms with Crippen LogP contribution >= 0.6 is 23.2 Å². The third-order valence-electron chi connectivity index (χ3n) is 7.73.